The van der Waals surface area contributed by atoms with Crippen LogP contribution < -0.4 is 0 Å². The van der Waals surface area contributed by atoms with Gasteiger partial charge >= 0.3 is 0 Å². The Hall–Kier alpha value is -1.06. The number of rotatable bonds is 4. The average Bonchev–Trinajstić information content (AvgIpc) is 2.16. The van der Waals surface area contributed by atoms with Crippen molar-refractivity contribution in [3.8, 4) is 5.75 Å². The number of benzene rings is 1. The van der Waals surface area contributed by atoms with Gasteiger partial charge in [-0.05, 0) is 30.0 Å². The fourth-order valence-corrected chi connectivity index (χ4v) is 1.19. The summed E-state index contributed by atoms with van der Waals surface area (Å²) in [6, 6.07) is 5.09. The van der Waals surface area contributed by atoms with Crippen LogP contribution in [0.5, 0.6) is 5.75 Å². The second-order valence-corrected chi connectivity index (χ2v) is 2.95. The lowest BCUT2D eigenvalue weighted by molar-refractivity contribution is 0.280. The zero-order valence-electron chi connectivity index (χ0n) is 7.40. The van der Waals surface area contributed by atoms with Gasteiger partial charge in [-0.25, -0.2) is 0 Å². The molecule has 0 heterocycles. The summed E-state index contributed by atoms with van der Waals surface area (Å²) in [5.41, 5.74) is 1.51. The van der Waals surface area contributed by atoms with Gasteiger partial charge in [0.15, 0.2) is 0 Å². The number of aryl methyl sites for hydroxylation is 1. The molecule has 13 heavy (non-hydrogen) atoms. The Kier molecular flexibility index (Phi) is 3.73. The molecule has 3 nitrogen and oxygen atoms in total. The Balaban J connectivity index is 2.73. The first-order valence-electron chi connectivity index (χ1n) is 4.30. The molecular weight excluding hydrogens is 168 g/mol. The van der Waals surface area contributed by atoms with E-state index in [4.69, 9.17) is 10.2 Å². The third-order valence-corrected chi connectivity index (χ3v) is 1.94. The van der Waals surface area contributed by atoms with Gasteiger partial charge in [-0.3, -0.25) is 0 Å². The van der Waals surface area contributed by atoms with Crippen molar-refractivity contribution >= 4 is 0 Å². The highest BCUT2D eigenvalue weighted by molar-refractivity contribution is 5.36. The van der Waals surface area contributed by atoms with E-state index in [0.717, 1.165) is 5.56 Å². The lowest BCUT2D eigenvalue weighted by Gasteiger charge is -2.04. The summed E-state index contributed by atoms with van der Waals surface area (Å²) in [4.78, 5) is 0. The smallest absolute Gasteiger partial charge is 0.119 e. The lowest BCUT2D eigenvalue weighted by atomic mass is 10.1. The van der Waals surface area contributed by atoms with E-state index in [2.05, 4.69) is 0 Å². The Morgan fingerprint density at radius 2 is 1.92 bits per heavy atom. The van der Waals surface area contributed by atoms with Crippen molar-refractivity contribution in [2.45, 2.75) is 19.4 Å². The first-order chi connectivity index (χ1) is 6.27. The van der Waals surface area contributed by atoms with Crippen molar-refractivity contribution in [2.75, 3.05) is 6.61 Å². The van der Waals surface area contributed by atoms with E-state index in [1.807, 2.05) is 0 Å². The SMILES string of the molecule is OCCCc1ccc(CO)cc1O. The minimum atomic E-state index is -0.0617. The summed E-state index contributed by atoms with van der Waals surface area (Å²) in [7, 11) is 0. The number of hydrogen-bond donors (Lipinski definition) is 3. The van der Waals surface area contributed by atoms with Crippen LogP contribution in [0.4, 0.5) is 0 Å². The normalized spacial score (nSPS) is 10.3. The van der Waals surface area contributed by atoms with Crippen LogP contribution in [0.15, 0.2) is 18.2 Å². The largest absolute Gasteiger partial charge is 0.508 e. The number of phenols is 1. The zero-order chi connectivity index (χ0) is 9.68. The van der Waals surface area contributed by atoms with Crippen LogP contribution in [-0.4, -0.2) is 21.9 Å². The molecule has 0 atom stereocenters. The van der Waals surface area contributed by atoms with Crippen molar-refractivity contribution in [1.29, 1.82) is 0 Å². The molecule has 0 aromatic heterocycles. The van der Waals surface area contributed by atoms with Crippen molar-refractivity contribution in [1.82, 2.24) is 0 Å². The lowest BCUT2D eigenvalue weighted by Crippen LogP contribution is -1.91. The van der Waals surface area contributed by atoms with E-state index in [1.165, 1.54) is 0 Å². The zero-order valence-corrected chi connectivity index (χ0v) is 7.40. The van der Waals surface area contributed by atoms with Crippen LogP contribution >= 0.6 is 0 Å². The Morgan fingerprint density at radius 3 is 2.46 bits per heavy atom. The Bertz CT molecular complexity index is 271. The van der Waals surface area contributed by atoms with E-state index in [1.54, 1.807) is 18.2 Å². The Labute approximate surface area is 77.3 Å². The predicted molar refractivity (Wildman–Crippen MR) is 49.4 cm³/mol. The van der Waals surface area contributed by atoms with Gasteiger partial charge in [0, 0.05) is 6.61 Å². The molecule has 0 aliphatic heterocycles. The van der Waals surface area contributed by atoms with Gasteiger partial charge in [-0.1, -0.05) is 12.1 Å². The first kappa shape index (κ1) is 10.0. The molecule has 72 valence electrons. The van der Waals surface area contributed by atoms with E-state index >= 15 is 0 Å². The quantitative estimate of drug-likeness (QED) is 0.645. The molecule has 0 radical (unpaired) electrons. The van der Waals surface area contributed by atoms with Gasteiger partial charge in [-0.2, -0.15) is 0 Å². The minimum Gasteiger partial charge on any atom is -0.508 e. The van der Waals surface area contributed by atoms with Gasteiger partial charge in [0.25, 0.3) is 0 Å². The van der Waals surface area contributed by atoms with Crippen LogP contribution in [0.1, 0.15) is 17.5 Å². The minimum absolute atomic E-state index is 0.0617. The van der Waals surface area contributed by atoms with E-state index in [0.29, 0.717) is 18.4 Å². The molecule has 0 unspecified atom stereocenters. The molecule has 1 aromatic rings. The molecule has 0 aliphatic rings. The van der Waals surface area contributed by atoms with Crippen molar-refractivity contribution in [2.24, 2.45) is 0 Å². The molecule has 1 aromatic carbocycles. The summed E-state index contributed by atoms with van der Waals surface area (Å²) in [5, 5.41) is 26.8. The van der Waals surface area contributed by atoms with E-state index in [9.17, 15) is 5.11 Å². The molecule has 0 amide bonds. The highest BCUT2D eigenvalue weighted by Crippen LogP contribution is 2.20. The van der Waals surface area contributed by atoms with Crippen molar-refractivity contribution < 1.29 is 15.3 Å². The molecule has 3 N–H and O–H groups in total. The van der Waals surface area contributed by atoms with Gasteiger partial charge in [0.05, 0.1) is 6.61 Å². The van der Waals surface area contributed by atoms with E-state index in [-0.39, 0.29) is 19.0 Å². The predicted octanol–water partition coefficient (Wildman–Crippen LogP) is 0.809. The van der Waals surface area contributed by atoms with Crippen LogP contribution in [0.25, 0.3) is 0 Å². The van der Waals surface area contributed by atoms with Gasteiger partial charge in [0.1, 0.15) is 5.75 Å². The van der Waals surface area contributed by atoms with Crippen molar-refractivity contribution in [3.05, 3.63) is 29.3 Å². The summed E-state index contributed by atoms with van der Waals surface area (Å²) < 4.78 is 0. The van der Waals surface area contributed by atoms with Gasteiger partial charge in [0.2, 0.25) is 0 Å². The molecular formula is C10H14O3. The summed E-state index contributed by atoms with van der Waals surface area (Å²) in [5.74, 6) is 0.194. The highest BCUT2D eigenvalue weighted by atomic mass is 16.3. The summed E-state index contributed by atoms with van der Waals surface area (Å²) in [6.07, 6.45) is 1.31. The molecule has 0 aliphatic carbocycles. The van der Waals surface area contributed by atoms with Crippen molar-refractivity contribution in [3.63, 3.8) is 0 Å². The van der Waals surface area contributed by atoms with Gasteiger partial charge in [-0.15, -0.1) is 0 Å². The van der Waals surface area contributed by atoms with Crippen LogP contribution in [0, 0.1) is 0 Å². The summed E-state index contributed by atoms with van der Waals surface area (Å²) in [6.45, 7) is 0.0645. The second kappa shape index (κ2) is 4.84. The highest BCUT2D eigenvalue weighted by Gasteiger charge is 2.01. The number of phenolic OH excluding ortho intramolecular Hbond substituents is 1. The number of aliphatic hydroxyl groups is 2. The molecule has 1 rings (SSSR count). The van der Waals surface area contributed by atoms with Gasteiger partial charge < -0.3 is 15.3 Å². The second-order valence-electron chi connectivity index (χ2n) is 2.95. The molecule has 0 saturated carbocycles. The number of aliphatic hydroxyl groups excluding tert-OH is 2. The standard InChI is InChI=1S/C10H14O3/c11-5-1-2-9-4-3-8(7-12)6-10(9)13/h3-4,6,11-13H,1-2,5,7H2. The summed E-state index contributed by atoms with van der Waals surface area (Å²) >= 11 is 0. The molecule has 0 fully saturated rings. The first-order valence-corrected chi connectivity index (χ1v) is 4.30. The fraction of sp³-hybridized carbons (Fsp3) is 0.400. The number of aromatic hydroxyl groups is 1. The van der Waals surface area contributed by atoms with Crippen LogP contribution in [0.3, 0.4) is 0 Å². The van der Waals surface area contributed by atoms with E-state index < -0.39 is 0 Å². The van der Waals surface area contributed by atoms with Crippen LogP contribution in [-0.2, 0) is 13.0 Å². The monoisotopic (exact) mass is 182 g/mol. The molecule has 3 heteroatoms. The molecule has 0 bridgehead atoms. The van der Waals surface area contributed by atoms with Crippen LogP contribution in [0.2, 0.25) is 0 Å². The topological polar surface area (TPSA) is 60.7 Å². The number of hydrogen-bond acceptors (Lipinski definition) is 3. The maximum absolute atomic E-state index is 9.46. The third kappa shape index (κ3) is 2.72. The fourth-order valence-electron chi connectivity index (χ4n) is 1.19. The average molecular weight is 182 g/mol. The third-order valence-electron chi connectivity index (χ3n) is 1.94. The maximum Gasteiger partial charge on any atom is 0.119 e. The molecule has 0 spiro atoms. The Morgan fingerprint density at radius 1 is 1.15 bits per heavy atom. The maximum atomic E-state index is 9.46. The molecule has 0 saturated heterocycles.